The van der Waals surface area contributed by atoms with Gasteiger partial charge in [-0.1, -0.05) is 49.7 Å². The van der Waals surface area contributed by atoms with Crippen molar-refractivity contribution >= 4 is 33.3 Å². The van der Waals surface area contributed by atoms with E-state index < -0.39 is 6.04 Å². The van der Waals surface area contributed by atoms with E-state index in [2.05, 4.69) is 31.0 Å². The summed E-state index contributed by atoms with van der Waals surface area (Å²) in [6.45, 7) is 10.1. The van der Waals surface area contributed by atoms with Gasteiger partial charge in [0.25, 0.3) is 5.91 Å². The van der Waals surface area contributed by atoms with Crippen molar-refractivity contribution in [3.8, 4) is 0 Å². The standard InChI is InChI=1S/C26H24N2O3S/c1-13(2)17-7-9-18(10-8-17)22-21-23(29)19-12-14(3)6-11-20(19)31-24(21)25(30)28(22)26-27-15(4)16(5)32-26/h6-13,22H,1-5H3/t22-/m0/s1. The highest BCUT2D eigenvalue weighted by atomic mass is 32.1. The third-order valence-electron chi connectivity index (χ3n) is 6.17. The lowest BCUT2D eigenvalue weighted by Crippen LogP contribution is -2.29. The van der Waals surface area contributed by atoms with Gasteiger partial charge in [0.15, 0.2) is 10.6 Å². The minimum atomic E-state index is -0.579. The molecule has 0 spiro atoms. The third kappa shape index (κ3) is 3.09. The fourth-order valence-corrected chi connectivity index (χ4v) is 5.16. The number of thiazole rings is 1. The van der Waals surface area contributed by atoms with Gasteiger partial charge in [0.1, 0.15) is 5.58 Å². The number of rotatable bonds is 3. The number of hydrogen-bond donors (Lipinski definition) is 0. The van der Waals surface area contributed by atoms with Gasteiger partial charge < -0.3 is 4.42 Å². The lowest BCUT2D eigenvalue weighted by Gasteiger charge is -2.23. The van der Waals surface area contributed by atoms with Crippen LogP contribution in [0.1, 0.15) is 69.2 Å². The number of benzene rings is 2. The number of hydrogen-bond acceptors (Lipinski definition) is 5. The molecule has 2 aromatic heterocycles. The van der Waals surface area contributed by atoms with E-state index in [-0.39, 0.29) is 17.1 Å². The van der Waals surface area contributed by atoms with Crippen LogP contribution in [0.25, 0.3) is 11.0 Å². The molecule has 0 unspecified atom stereocenters. The molecule has 6 heteroatoms. The molecule has 0 radical (unpaired) electrons. The molecule has 5 rings (SSSR count). The van der Waals surface area contributed by atoms with Crippen molar-refractivity contribution < 1.29 is 9.21 Å². The van der Waals surface area contributed by atoms with Crippen LogP contribution in [0.5, 0.6) is 0 Å². The van der Waals surface area contributed by atoms with Crippen molar-refractivity contribution in [3.63, 3.8) is 0 Å². The smallest absolute Gasteiger partial charge is 0.297 e. The number of aromatic nitrogens is 1. The highest BCUT2D eigenvalue weighted by Crippen LogP contribution is 2.43. The molecule has 0 bridgehead atoms. The van der Waals surface area contributed by atoms with Crippen LogP contribution in [0.2, 0.25) is 0 Å². The minimum Gasteiger partial charge on any atom is -0.450 e. The predicted molar refractivity (Wildman–Crippen MR) is 128 cm³/mol. The molecular weight excluding hydrogens is 420 g/mol. The third-order valence-corrected chi connectivity index (χ3v) is 7.24. The van der Waals surface area contributed by atoms with Gasteiger partial charge in [-0.15, -0.1) is 11.3 Å². The van der Waals surface area contributed by atoms with Crippen molar-refractivity contribution in [1.82, 2.24) is 4.98 Å². The van der Waals surface area contributed by atoms with Crippen LogP contribution in [-0.2, 0) is 0 Å². The van der Waals surface area contributed by atoms with Crippen LogP contribution in [-0.4, -0.2) is 10.9 Å². The van der Waals surface area contributed by atoms with Crippen molar-refractivity contribution in [2.45, 2.75) is 46.6 Å². The van der Waals surface area contributed by atoms with E-state index in [0.717, 1.165) is 21.7 Å². The van der Waals surface area contributed by atoms with E-state index in [1.807, 2.05) is 45.0 Å². The molecular formula is C26H24N2O3S. The Bertz CT molecular complexity index is 1410. The molecule has 1 aliphatic rings. The summed E-state index contributed by atoms with van der Waals surface area (Å²) in [4.78, 5) is 34.6. The van der Waals surface area contributed by atoms with E-state index in [0.29, 0.717) is 27.6 Å². The molecule has 32 heavy (non-hydrogen) atoms. The van der Waals surface area contributed by atoms with E-state index >= 15 is 0 Å². The topological polar surface area (TPSA) is 63.4 Å². The van der Waals surface area contributed by atoms with Gasteiger partial charge in [0.2, 0.25) is 5.76 Å². The van der Waals surface area contributed by atoms with Crippen LogP contribution in [0, 0.1) is 20.8 Å². The van der Waals surface area contributed by atoms with Crippen LogP contribution in [0.4, 0.5) is 5.13 Å². The average molecular weight is 445 g/mol. The molecule has 1 amide bonds. The summed E-state index contributed by atoms with van der Waals surface area (Å²) in [6, 6.07) is 13.0. The summed E-state index contributed by atoms with van der Waals surface area (Å²) < 4.78 is 6.04. The Morgan fingerprint density at radius 2 is 1.75 bits per heavy atom. The lowest BCUT2D eigenvalue weighted by molar-refractivity contribution is 0.0971. The van der Waals surface area contributed by atoms with E-state index in [4.69, 9.17) is 4.42 Å². The largest absolute Gasteiger partial charge is 0.450 e. The number of aryl methyl sites for hydroxylation is 3. The van der Waals surface area contributed by atoms with Crippen molar-refractivity contribution in [2.75, 3.05) is 4.90 Å². The van der Waals surface area contributed by atoms with Crippen LogP contribution >= 0.6 is 11.3 Å². The lowest BCUT2D eigenvalue weighted by atomic mass is 9.95. The van der Waals surface area contributed by atoms with Crippen molar-refractivity contribution in [3.05, 3.63) is 91.3 Å². The molecule has 0 N–H and O–H groups in total. The first-order chi connectivity index (χ1) is 15.3. The first kappa shape index (κ1) is 20.6. The molecule has 1 atom stereocenters. The summed E-state index contributed by atoms with van der Waals surface area (Å²) in [5.41, 5.74) is 4.56. The van der Waals surface area contributed by atoms with Gasteiger partial charge in [0.05, 0.1) is 22.7 Å². The van der Waals surface area contributed by atoms with Gasteiger partial charge >= 0.3 is 0 Å². The summed E-state index contributed by atoms with van der Waals surface area (Å²) in [6.07, 6.45) is 0. The van der Waals surface area contributed by atoms with Crippen molar-refractivity contribution in [1.29, 1.82) is 0 Å². The van der Waals surface area contributed by atoms with Gasteiger partial charge in [0, 0.05) is 4.88 Å². The Kier molecular flexibility index (Phi) is 4.78. The Hall–Kier alpha value is -3.25. The molecule has 1 aliphatic heterocycles. The molecule has 4 aromatic rings. The van der Waals surface area contributed by atoms with E-state index in [1.54, 1.807) is 11.0 Å². The number of amides is 1. The normalized spacial score (nSPS) is 15.8. The maximum absolute atomic E-state index is 13.7. The van der Waals surface area contributed by atoms with Crippen LogP contribution < -0.4 is 10.3 Å². The summed E-state index contributed by atoms with van der Waals surface area (Å²) in [7, 11) is 0. The molecule has 2 aromatic carbocycles. The van der Waals surface area contributed by atoms with Gasteiger partial charge in [-0.3, -0.25) is 14.5 Å². The highest BCUT2D eigenvalue weighted by Gasteiger charge is 2.45. The highest BCUT2D eigenvalue weighted by molar-refractivity contribution is 7.15. The van der Waals surface area contributed by atoms with E-state index in [1.165, 1.54) is 16.9 Å². The first-order valence-corrected chi connectivity index (χ1v) is 11.5. The second kappa shape index (κ2) is 7.41. The van der Waals surface area contributed by atoms with Crippen LogP contribution in [0.3, 0.4) is 0 Å². The Balaban J connectivity index is 1.79. The molecule has 0 aliphatic carbocycles. The Morgan fingerprint density at radius 3 is 2.38 bits per heavy atom. The van der Waals surface area contributed by atoms with Gasteiger partial charge in [-0.05, 0) is 49.9 Å². The number of fused-ring (bicyclic) bond motifs is 2. The maximum atomic E-state index is 13.7. The zero-order valence-corrected chi connectivity index (χ0v) is 19.5. The Morgan fingerprint density at radius 1 is 1.03 bits per heavy atom. The van der Waals surface area contributed by atoms with Gasteiger partial charge in [-0.2, -0.15) is 0 Å². The fraction of sp³-hybridized carbons (Fsp3) is 0.269. The van der Waals surface area contributed by atoms with Crippen LogP contribution in [0.15, 0.2) is 51.7 Å². The summed E-state index contributed by atoms with van der Waals surface area (Å²) >= 11 is 1.46. The molecule has 0 saturated carbocycles. The quantitative estimate of drug-likeness (QED) is 0.386. The second-order valence-electron chi connectivity index (χ2n) is 8.71. The fourth-order valence-electron chi connectivity index (χ4n) is 4.22. The number of nitrogens with zero attached hydrogens (tertiary/aromatic N) is 2. The molecule has 0 saturated heterocycles. The zero-order valence-electron chi connectivity index (χ0n) is 18.7. The molecule has 162 valence electrons. The molecule has 5 nitrogen and oxygen atoms in total. The molecule has 3 heterocycles. The maximum Gasteiger partial charge on any atom is 0.297 e. The zero-order chi connectivity index (χ0) is 22.7. The number of anilines is 1. The van der Waals surface area contributed by atoms with E-state index in [9.17, 15) is 9.59 Å². The Labute approximate surface area is 190 Å². The minimum absolute atomic E-state index is 0.106. The predicted octanol–water partition coefficient (Wildman–Crippen LogP) is 6.05. The monoisotopic (exact) mass is 444 g/mol. The van der Waals surface area contributed by atoms with Crippen molar-refractivity contribution in [2.24, 2.45) is 0 Å². The second-order valence-corrected chi connectivity index (χ2v) is 9.89. The summed E-state index contributed by atoms with van der Waals surface area (Å²) in [5, 5.41) is 1.07. The summed E-state index contributed by atoms with van der Waals surface area (Å²) in [5.74, 6) is 0.167. The molecule has 0 fully saturated rings. The average Bonchev–Trinajstić information content (AvgIpc) is 3.25. The van der Waals surface area contributed by atoms with Gasteiger partial charge in [-0.25, -0.2) is 4.98 Å². The SMILES string of the molecule is Cc1ccc2oc3c(c(=O)c2c1)[C@H](c1ccc(C(C)C)cc1)N(c1nc(C)c(C)s1)C3=O. The first-order valence-electron chi connectivity index (χ1n) is 10.7. The number of carbonyl (C=O) groups is 1. The number of carbonyl (C=O) groups excluding carboxylic acids is 1.